The number of carbonyl (C=O) groups excluding carboxylic acids is 1. The number of carbonyl (C=O) groups is 1. The molecule has 0 bridgehead atoms. The SMILES string of the molecule is Cc1cccc(C(=O)Nc2c(F)c(F)cc(F)c2F)c1Br. The molecule has 2 rings (SSSR count). The third kappa shape index (κ3) is 2.92. The van der Waals surface area contributed by atoms with Crippen molar-refractivity contribution in [2.75, 3.05) is 5.32 Å². The highest BCUT2D eigenvalue weighted by Crippen LogP contribution is 2.26. The molecule has 0 aromatic heterocycles. The third-order valence-corrected chi connectivity index (χ3v) is 3.84. The first-order valence-electron chi connectivity index (χ1n) is 5.72. The van der Waals surface area contributed by atoms with Gasteiger partial charge in [0.15, 0.2) is 23.3 Å². The fraction of sp³-hybridized carbons (Fsp3) is 0.0714. The Morgan fingerprint density at radius 2 is 1.67 bits per heavy atom. The molecule has 2 nitrogen and oxygen atoms in total. The van der Waals surface area contributed by atoms with Gasteiger partial charge in [0.25, 0.3) is 5.91 Å². The van der Waals surface area contributed by atoms with Gasteiger partial charge in [-0.05, 0) is 34.5 Å². The highest BCUT2D eigenvalue weighted by Gasteiger charge is 2.22. The Morgan fingerprint density at radius 3 is 2.24 bits per heavy atom. The van der Waals surface area contributed by atoms with E-state index in [-0.39, 0.29) is 11.6 Å². The maximum absolute atomic E-state index is 13.5. The summed E-state index contributed by atoms with van der Waals surface area (Å²) in [5.41, 5.74) is -0.363. The first-order valence-corrected chi connectivity index (χ1v) is 6.51. The van der Waals surface area contributed by atoms with Crippen molar-refractivity contribution in [3.05, 3.63) is 63.1 Å². The van der Waals surface area contributed by atoms with Crippen LogP contribution in [0.3, 0.4) is 0 Å². The Hall–Kier alpha value is -1.89. The van der Waals surface area contributed by atoms with Gasteiger partial charge in [0.1, 0.15) is 5.69 Å². The first kappa shape index (κ1) is 15.5. The topological polar surface area (TPSA) is 29.1 Å². The van der Waals surface area contributed by atoms with E-state index in [1.807, 2.05) is 5.32 Å². The van der Waals surface area contributed by atoms with E-state index in [4.69, 9.17) is 0 Å². The van der Waals surface area contributed by atoms with Crippen molar-refractivity contribution < 1.29 is 22.4 Å². The predicted octanol–water partition coefficient (Wildman–Crippen LogP) is 4.57. The van der Waals surface area contributed by atoms with Gasteiger partial charge in [-0.1, -0.05) is 12.1 Å². The molecule has 0 spiro atoms. The molecule has 0 saturated heterocycles. The van der Waals surface area contributed by atoms with Gasteiger partial charge >= 0.3 is 0 Å². The summed E-state index contributed by atoms with van der Waals surface area (Å²) >= 11 is 3.16. The molecular weight excluding hydrogens is 354 g/mol. The minimum atomic E-state index is -1.66. The lowest BCUT2D eigenvalue weighted by molar-refractivity contribution is 0.102. The summed E-state index contributed by atoms with van der Waals surface area (Å²) in [4.78, 5) is 12.0. The average Bonchev–Trinajstić information content (AvgIpc) is 2.44. The maximum Gasteiger partial charge on any atom is 0.256 e. The molecule has 1 amide bonds. The number of anilines is 1. The zero-order valence-electron chi connectivity index (χ0n) is 10.6. The molecule has 1 N–H and O–H groups in total. The largest absolute Gasteiger partial charge is 0.317 e. The monoisotopic (exact) mass is 361 g/mol. The fourth-order valence-electron chi connectivity index (χ4n) is 1.69. The molecule has 21 heavy (non-hydrogen) atoms. The summed E-state index contributed by atoms with van der Waals surface area (Å²) < 4.78 is 53.5. The number of hydrogen-bond acceptors (Lipinski definition) is 1. The van der Waals surface area contributed by atoms with Crippen LogP contribution in [0.2, 0.25) is 0 Å². The Balaban J connectivity index is 2.43. The summed E-state index contributed by atoms with van der Waals surface area (Å²) in [6.45, 7) is 1.71. The van der Waals surface area contributed by atoms with Crippen molar-refractivity contribution in [2.45, 2.75) is 6.92 Å². The third-order valence-electron chi connectivity index (χ3n) is 2.79. The molecule has 0 atom stereocenters. The number of amides is 1. The molecule has 0 aliphatic heterocycles. The highest BCUT2D eigenvalue weighted by atomic mass is 79.9. The second-order valence-corrected chi connectivity index (χ2v) is 5.03. The van der Waals surface area contributed by atoms with Gasteiger partial charge < -0.3 is 5.32 Å². The van der Waals surface area contributed by atoms with Crippen molar-refractivity contribution >= 4 is 27.5 Å². The van der Waals surface area contributed by atoms with Crippen LogP contribution >= 0.6 is 15.9 Å². The van der Waals surface area contributed by atoms with Crippen LogP contribution in [0.15, 0.2) is 28.7 Å². The van der Waals surface area contributed by atoms with Crippen LogP contribution in [-0.2, 0) is 0 Å². The van der Waals surface area contributed by atoms with Crippen molar-refractivity contribution in [3.63, 3.8) is 0 Å². The maximum atomic E-state index is 13.5. The molecule has 2 aromatic rings. The van der Waals surface area contributed by atoms with Gasteiger partial charge in [-0.2, -0.15) is 0 Å². The van der Waals surface area contributed by atoms with E-state index in [0.29, 0.717) is 10.0 Å². The fourth-order valence-corrected chi connectivity index (χ4v) is 2.13. The predicted molar refractivity (Wildman–Crippen MR) is 73.1 cm³/mol. The van der Waals surface area contributed by atoms with Gasteiger partial charge in [-0.15, -0.1) is 0 Å². The quantitative estimate of drug-likeness (QED) is 0.616. The van der Waals surface area contributed by atoms with E-state index in [2.05, 4.69) is 15.9 Å². The van der Waals surface area contributed by atoms with Crippen LogP contribution in [0.1, 0.15) is 15.9 Å². The second kappa shape index (κ2) is 5.85. The number of nitrogens with one attached hydrogen (secondary N) is 1. The van der Waals surface area contributed by atoms with Gasteiger partial charge in [0, 0.05) is 10.5 Å². The number of benzene rings is 2. The molecule has 0 fully saturated rings. The minimum absolute atomic E-state index is 0.0723. The molecule has 0 radical (unpaired) electrons. The average molecular weight is 362 g/mol. The summed E-state index contributed by atoms with van der Waals surface area (Å²) in [5, 5.41) is 1.85. The van der Waals surface area contributed by atoms with Crippen LogP contribution in [-0.4, -0.2) is 5.91 Å². The highest BCUT2D eigenvalue weighted by molar-refractivity contribution is 9.10. The lowest BCUT2D eigenvalue weighted by atomic mass is 10.1. The van der Waals surface area contributed by atoms with Crippen LogP contribution in [0.25, 0.3) is 0 Å². The summed E-state index contributed by atoms with van der Waals surface area (Å²) in [6.07, 6.45) is 0. The van der Waals surface area contributed by atoms with E-state index in [1.165, 1.54) is 6.07 Å². The minimum Gasteiger partial charge on any atom is -0.317 e. The number of hydrogen-bond donors (Lipinski definition) is 1. The lowest BCUT2D eigenvalue weighted by Crippen LogP contribution is -2.16. The summed E-state index contributed by atoms with van der Waals surface area (Å²) in [7, 11) is 0. The Bertz CT molecular complexity index is 707. The first-order chi connectivity index (χ1) is 9.82. The molecule has 0 aliphatic carbocycles. The molecule has 0 saturated carbocycles. The van der Waals surface area contributed by atoms with Crippen LogP contribution in [0.4, 0.5) is 23.2 Å². The van der Waals surface area contributed by atoms with E-state index < -0.39 is 34.9 Å². The molecular formula is C14H8BrF4NO. The normalized spacial score (nSPS) is 10.6. The smallest absolute Gasteiger partial charge is 0.256 e. The van der Waals surface area contributed by atoms with Crippen molar-refractivity contribution in [3.8, 4) is 0 Å². The second-order valence-electron chi connectivity index (χ2n) is 4.23. The Kier molecular flexibility index (Phi) is 4.32. The van der Waals surface area contributed by atoms with Crippen LogP contribution < -0.4 is 5.32 Å². The number of halogens is 5. The lowest BCUT2D eigenvalue weighted by Gasteiger charge is -2.10. The Morgan fingerprint density at radius 1 is 1.10 bits per heavy atom. The van der Waals surface area contributed by atoms with Gasteiger partial charge in [-0.3, -0.25) is 4.79 Å². The number of aryl methyl sites for hydroxylation is 1. The summed E-state index contributed by atoms with van der Waals surface area (Å²) in [5.74, 6) is -7.40. The number of rotatable bonds is 2. The molecule has 2 aromatic carbocycles. The zero-order valence-corrected chi connectivity index (χ0v) is 12.2. The Labute approximate surface area is 125 Å². The zero-order chi connectivity index (χ0) is 15.7. The van der Waals surface area contributed by atoms with E-state index in [0.717, 1.165) is 0 Å². The molecule has 0 aliphatic rings. The van der Waals surface area contributed by atoms with Crippen LogP contribution in [0, 0.1) is 30.2 Å². The van der Waals surface area contributed by atoms with E-state index in [9.17, 15) is 22.4 Å². The standard InChI is InChI=1S/C14H8BrF4NO/c1-6-3-2-4-7(10(6)15)14(21)20-13-11(18)8(16)5-9(17)12(13)19/h2-5H,1H3,(H,20,21). The van der Waals surface area contributed by atoms with Crippen molar-refractivity contribution in [1.82, 2.24) is 0 Å². The molecule has 0 heterocycles. The summed E-state index contributed by atoms with van der Waals surface area (Å²) in [6, 6.07) is 4.75. The molecule has 110 valence electrons. The van der Waals surface area contributed by atoms with Crippen molar-refractivity contribution in [1.29, 1.82) is 0 Å². The van der Waals surface area contributed by atoms with Crippen molar-refractivity contribution in [2.24, 2.45) is 0 Å². The van der Waals surface area contributed by atoms with Gasteiger partial charge in [-0.25, -0.2) is 17.6 Å². The van der Waals surface area contributed by atoms with Crippen LogP contribution in [0.5, 0.6) is 0 Å². The van der Waals surface area contributed by atoms with Gasteiger partial charge in [0.2, 0.25) is 0 Å². The van der Waals surface area contributed by atoms with Gasteiger partial charge in [0.05, 0.1) is 5.56 Å². The van der Waals surface area contributed by atoms with E-state index in [1.54, 1.807) is 19.1 Å². The van der Waals surface area contributed by atoms with E-state index >= 15 is 0 Å². The molecule has 0 unspecified atom stereocenters. The molecule has 7 heteroatoms.